The van der Waals surface area contributed by atoms with Crippen molar-refractivity contribution >= 4 is 11.8 Å². The van der Waals surface area contributed by atoms with Gasteiger partial charge in [-0.05, 0) is 39.2 Å². The highest BCUT2D eigenvalue weighted by Crippen LogP contribution is 2.28. The van der Waals surface area contributed by atoms with Crippen LogP contribution in [-0.2, 0) is 9.59 Å². The first-order valence-corrected chi connectivity index (χ1v) is 6.95. The van der Waals surface area contributed by atoms with Gasteiger partial charge in [0.2, 0.25) is 11.8 Å². The minimum absolute atomic E-state index is 0.125. The molecule has 2 aliphatic rings. The molecule has 1 saturated heterocycles. The van der Waals surface area contributed by atoms with Crippen molar-refractivity contribution < 1.29 is 9.59 Å². The molecule has 2 amide bonds. The predicted octanol–water partition coefficient (Wildman–Crippen LogP) is 0.0169. The Balaban J connectivity index is 1.57. The van der Waals surface area contributed by atoms with Gasteiger partial charge in [0, 0.05) is 31.0 Å². The quantitative estimate of drug-likeness (QED) is 0.605. The van der Waals surface area contributed by atoms with Gasteiger partial charge in [0.05, 0.1) is 0 Å². The molecule has 2 atom stereocenters. The Kier molecular flexibility index (Phi) is 4.58. The molecule has 3 N–H and O–H groups in total. The van der Waals surface area contributed by atoms with Crippen LogP contribution in [0.4, 0.5) is 0 Å². The number of hydrogen-bond acceptors (Lipinski definition) is 3. The zero-order chi connectivity index (χ0) is 13.0. The van der Waals surface area contributed by atoms with Crippen LogP contribution in [0.3, 0.4) is 0 Å². The molecule has 2 rings (SSSR count). The van der Waals surface area contributed by atoms with Crippen molar-refractivity contribution in [1.29, 1.82) is 0 Å². The normalized spacial score (nSPS) is 27.6. The van der Waals surface area contributed by atoms with E-state index in [2.05, 4.69) is 22.9 Å². The summed E-state index contributed by atoms with van der Waals surface area (Å²) in [5.74, 6) is 0.634. The molecule has 5 nitrogen and oxygen atoms in total. The Bertz CT molecular complexity index is 315. The lowest BCUT2D eigenvalue weighted by atomic mass is 9.92. The Morgan fingerprint density at radius 2 is 1.67 bits per heavy atom. The maximum Gasteiger partial charge on any atom is 0.223 e. The third kappa shape index (κ3) is 3.98. The van der Waals surface area contributed by atoms with E-state index in [4.69, 9.17) is 0 Å². The van der Waals surface area contributed by atoms with Crippen LogP contribution in [0.5, 0.6) is 0 Å². The molecule has 1 heterocycles. The summed E-state index contributed by atoms with van der Waals surface area (Å²) in [5, 5.41) is 9.08. The summed E-state index contributed by atoms with van der Waals surface area (Å²) >= 11 is 0. The van der Waals surface area contributed by atoms with Gasteiger partial charge in [-0.1, -0.05) is 0 Å². The molecule has 102 valence electrons. The van der Waals surface area contributed by atoms with E-state index >= 15 is 0 Å². The van der Waals surface area contributed by atoms with Crippen LogP contribution >= 0.6 is 0 Å². The minimum atomic E-state index is 0.125. The van der Waals surface area contributed by atoms with Gasteiger partial charge in [-0.3, -0.25) is 9.59 Å². The first-order chi connectivity index (χ1) is 8.66. The van der Waals surface area contributed by atoms with Gasteiger partial charge in [0.15, 0.2) is 0 Å². The Labute approximate surface area is 108 Å². The summed E-state index contributed by atoms with van der Waals surface area (Å²) < 4.78 is 0. The highest BCUT2D eigenvalue weighted by atomic mass is 16.2. The van der Waals surface area contributed by atoms with E-state index in [1.807, 2.05) is 0 Å². The standard InChI is InChI=1S/C13H23N3O2/c1-9-8-11(4-5-14-9)13(18)16-7-6-15-12(17)10-2-3-10/h9-11,14H,2-8H2,1H3,(H,15,17)(H,16,18). The second-order valence-corrected chi connectivity index (χ2v) is 5.43. The molecule has 18 heavy (non-hydrogen) atoms. The highest BCUT2D eigenvalue weighted by molar-refractivity contribution is 5.81. The molecular formula is C13H23N3O2. The number of nitrogens with one attached hydrogen (secondary N) is 3. The van der Waals surface area contributed by atoms with E-state index in [0.717, 1.165) is 32.2 Å². The average Bonchev–Trinajstić information content (AvgIpc) is 3.18. The zero-order valence-electron chi connectivity index (χ0n) is 11.0. The maximum absolute atomic E-state index is 11.9. The molecule has 5 heteroatoms. The summed E-state index contributed by atoms with van der Waals surface area (Å²) in [6.07, 6.45) is 3.85. The van der Waals surface area contributed by atoms with Crippen molar-refractivity contribution in [2.24, 2.45) is 11.8 Å². The Hall–Kier alpha value is -1.10. The van der Waals surface area contributed by atoms with E-state index in [9.17, 15) is 9.59 Å². The van der Waals surface area contributed by atoms with Crippen LogP contribution in [0.1, 0.15) is 32.6 Å². The second kappa shape index (κ2) is 6.18. The van der Waals surface area contributed by atoms with Gasteiger partial charge in [-0.15, -0.1) is 0 Å². The Morgan fingerprint density at radius 1 is 1.06 bits per heavy atom. The molecule has 1 aliphatic heterocycles. The van der Waals surface area contributed by atoms with Crippen molar-refractivity contribution in [3.63, 3.8) is 0 Å². The molecule has 2 unspecified atom stereocenters. The predicted molar refractivity (Wildman–Crippen MR) is 68.9 cm³/mol. The lowest BCUT2D eigenvalue weighted by Crippen LogP contribution is -2.44. The molecule has 0 aromatic heterocycles. The second-order valence-electron chi connectivity index (χ2n) is 5.43. The fourth-order valence-corrected chi connectivity index (χ4v) is 2.38. The van der Waals surface area contributed by atoms with Crippen LogP contribution in [-0.4, -0.2) is 37.5 Å². The first kappa shape index (κ1) is 13.3. The third-order valence-corrected chi connectivity index (χ3v) is 3.67. The van der Waals surface area contributed by atoms with Crippen molar-refractivity contribution in [2.45, 2.75) is 38.6 Å². The van der Waals surface area contributed by atoms with Crippen molar-refractivity contribution in [2.75, 3.05) is 19.6 Å². The number of rotatable bonds is 5. The maximum atomic E-state index is 11.9. The fraction of sp³-hybridized carbons (Fsp3) is 0.846. The monoisotopic (exact) mass is 253 g/mol. The van der Waals surface area contributed by atoms with E-state index < -0.39 is 0 Å². The lowest BCUT2D eigenvalue weighted by molar-refractivity contribution is -0.126. The number of hydrogen-bond donors (Lipinski definition) is 3. The summed E-state index contributed by atoms with van der Waals surface area (Å²) in [7, 11) is 0. The van der Waals surface area contributed by atoms with E-state index in [1.165, 1.54) is 0 Å². The summed E-state index contributed by atoms with van der Waals surface area (Å²) in [4.78, 5) is 23.2. The van der Waals surface area contributed by atoms with Gasteiger partial charge in [-0.2, -0.15) is 0 Å². The molecule has 0 bridgehead atoms. The smallest absolute Gasteiger partial charge is 0.223 e. The SMILES string of the molecule is CC1CC(C(=O)NCCNC(=O)C2CC2)CCN1. The van der Waals surface area contributed by atoms with Crippen LogP contribution in [0, 0.1) is 11.8 Å². The van der Waals surface area contributed by atoms with Crippen LogP contribution < -0.4 is 16.0 Å². The number of carbonyl (C=O) groups is 2. The van der Waals surface area contributed by atoms with Gasteiger partial charge in [0.25, 0.3) is 0 Å². The number of amides is 2. The first-order valence-electron chi connectivity index (χ1n) is 6.95. The van der Waals surface area contributed by atoms with Gasteiger partial charge in [0.1, 0.15) is 0 Å². The summed E-state index contributed by atoms with van der Waals surface area (Å²) in [6, 6.07) is 0.420. The van der Waals surface area contributed by atoms with Crippen molar-refractivity contribution in [3.05, 3.63) is 0 Å². The highest BCUT2D eigenvalue weighted by Gasteiger charge is 2.29. The summed E-state index contributed by atoms with van der Waals surface area (Å²) in [6.45, 7) is 4.10. The molecule has 0 spiro atoms. The lowest BCUT2D eigenvalue weighted by Gasteiger charge is -2.27. The van der Waals surface area contributed by atoms with Crippen LogP contribution in [0.25, 0.3) is 0 Å². The van der Waals surface area contributed by atoms with Crippen LogP contribution in [0.15, 0.2) is 0 Å². The molecule has 0 aromatic rings. The molecule has 0 aromatic carbocycles. The van der Waals surface area contributed by atoms with E-state index in [-0.39, 0.29) is 23.7 Å². The molecule has 1 aliphatic carbocycles. The largest absolute Gasteiger partial charge is 0.354 e. The number of piperidine rings is 1. The zero-order valence-corrected chi connectivity index (χ0v) is 11.0. The van der Waals surface area contributed by atoms with Gasteiger partial charge >= 0.3 is 0 Å². The Morgan fingerprint density at radius 3 is 2.22 bits per heavy atom. The van der Waals surface area contributed by atoms with Crippen molar-refractivity contribution in [1.82, 2.24) is 16.0 Å². The fourth-order valence-electron chi connectivity index (χ4n) is 2.38. The molecular weight excluding hydrogens is 230 g/mol. The molecule has 2 fully saturated rings. The topological polar surface area (TPSA) is 70.2 Å². The van der Waals surface area contributed by atoms with Gasteiger partial charge in [-0.25, -0.2) is 0 Å². The molecule has 1 saturated carbocycles. The van der Waals surface area contributed by atoms with Gasteiger partial charge < -0.3 is 16.0 Å². The third-order valence-electron chi connectivity index (χ3n) is 3.67. The van der Waals surface area contributed by atoms with E-state index in [1.54, 1.807) is 0 Å². The average molecular weight is 253 g/mol. The number of carbonyl (C=O) groups excluding carboxylic acids is 2. The summed E-state index contributed by atoms with van der Waals surface area (Å²) in [5.41, 5.74) is 0. The minimum Gasteiger partial charge on any atom is -0.354 e. The van der Waals surface area contributed by atoms with E-state index in [0.29, 0.717) is 19.1 Å². The molecule has 0 radical (unpaired) electrons. The van der Waals surface area contributed by atoms with Crippen LogP contribution in [0.2, 0.25) is 0 Å². The van der Waals surface area contributed by atoms with Crippen molar-refractivity contribution in [3.8, 4) is 0 Å².